The summed E-state index contributed by atoms with van der Waals surface area (Å²) in [5.74, 6) is 0.625. The molecule has 1 fully saturated rings. The molecule has 3 heterocycles. The number of carbonyl (C=O) groups is 2. The van der Waals surface area contributed by atoms with Crippen molar-refractivity contribution in [2.45, 2.75) is 38.4 Å². The lowest BCUT2D eigenvalue weighted by molar-refractivity contribution is -0.153. The van der Waals surface area contributed by atoms with Gasteiger partial charge in [0, 0.05) is 11.6 Å². The second-order valence-electron chi connectivity index (χ2n) is 8.15. The minimum Gasteiger partial charge on any atom is -0.481 e. The first-order valence-electron chi connectivity index (χ1n) is 11.2. The summed E-state index contributed by atoms with van der Waals surface area (Å²) in [7, 11) is 0. The highest BCUT2D eigenvalue weighted by Crippen LogP contribution is 2.34. The molecule has 0 saturated carbocycles. The smallest absolute Gasteiger partial charge is 0.422 e. The zero-order chi connectivity index (χ0) is 25.0. The third-order valence-corrected chi connectivity index (χ3v) is 6.65. The molecule has 1 saturated heterocycles. The van der Waals surface area contributed by atoms with Gasteiger partial charge in [0.2, 0.25) is 0 Å². The van der Waals surface area contributed by atoms with E-state index in [1.54, 1.807) is 42.1 Å². The minimum atomic E-state index is -4.60. The Balaban J connectivity index is 1.71. The lowest BCUT2D eigenvalue weighted by Crippen LogP contribution is -2.37. The number of rotatable bonds is 7. The number of anilines is 1. The highest BCUT2D eigenvalue weighted by molar-refractivity contribution is 7.99. The number of aryl methyl sites for hydroxylation is 1. The maximum absolute atomic E-state index is 13.0. The molecule has 4 rings (SSSR count). The number of aromatic amines is 1. The van der Waals surface area contributed by atoms with Gasteiger partial charge in [-0.1, -0.05) is 25.1 Å². The summed E-state index contributed by atoms with van der Waals surface area (Å²) in [5.41, 5.74) is 1.36. The van der Waals surface area contributed by atoms with Gasteiger partial charge < -0.3 is 20.4 Å². The van der Waals surface area contributed by atoms with E-state index in [-0.39, 0.29) is 34.4 Å². The number of ether oxygens (including phenoxy) is 1. The van der Waals surface area contributed by atoms with E-state index >= 15 is 0 Å². The predicted molar refractivity (Wildman–Crippen MR) is 129 cm³/mol. The summed E-state index contributed by atoms with van der Waals surface area (Å²) in [6.07, 6.45) is -2.59. The lowest BCUT2D eigenvalue weighted by atomic mass is 10.1. The van der Waals surface area contributed by atoms with Gasteiger partial charge in [0.1, 0.15) is 11.3 Å². The van der Waals surface area contributed by atoms with Crippen LogP contribution >= 0.6 is 11.8 Å². The Bertz CT molecular complexity index is 1210. The van der Waals surface area contributed by atoms with E-state index in [1.807, 2.05) is 6.92 Å². The molecule has 1 aromatic carbocycles. The first kappa shape index (κ1) is 24.9. The monoisotopic (exact) mass is 506 g/mol. The third-order valence-electron chi connectivity index (χ3n) is 5.60. The van der Waals surface area contributed by atoms with Crippen molar-refractivity contribution in [1.82, 2.24) is 15.3 Å². The number of amides is 2. The average molecular weight is 507 g/mol. The van der Waals surface area contributed by atoms with Gasteiger partial charge in [-0.15, -0.1) is 0 Å². The van der Waals surface area contributed by atoms with Crippen LogP contribution in [0.25, 0.3) is 11.0 Å². The van der Waals surface area contributed by atoms with Crippen molar-refractivity contribution in [3.8, 4) is 5.75 Å². The number of pyridine rings is 1. The van der Waals surface area contributed by atoms with Crippen LogP contribution in [0, 0.1) is 0 Å². The molecule has 0 bridgehead atoms. The second kappa shape index (κ2) is 10.6. The van der Waals surface area contributed by atoms with Crippen molar-refractivity contribution in [3.63, 3.8) is 0 Å². The topological polar surface area (TPSA) is 96.1 Å². The zero-order valence-electron chi connectivity index (χ0n) is 19.0. The van der Waals surface area contributed by atoms with Crippen LogP contribution < -0.4 is 15.4 Å². The number of carbonyl (C=O) groups excluding carboxylic acids is 2. The second-order valence-corrected chi connectivity index (χ2v) is 9.37. The summed E-state index contributed by atoms with van der Waals surface area (Å²) in [4.78, 5) is 33.0. The molecular weight excluding hydrogens is 481 g/mol. The molecule has 2 aromatic heterocycles. The highest BCUT2D eigenvalue weighted by atomic mass is 32.2. The SMILES string of the molecule is CCc1nc2[nH]c(C(=O)NC3CCSCC3)c(OCC(F)(F)F)c2cc1NC(=O)c1ccccc1. The van der Waals surface area contributed by atoms with E-state index in [2.05, 4.69) is 20.6 Å². The fourth-order valence-corrected chi connectivity index (χ4v) is 4.96. The summed E-state index contributed by atoms with van der Waals surface area (Å²) < 4.78 is 44.1. The Kier molecular flexibility index (Phi) is 7.54. The quantitative estimate of drug-likeness (QED) is 0.422. The van der Waals surface area contributed by atoms with E-state index in [4.69, 9.17) is 4.74 Å². The van der Waals surface area contributed by atoms with Crippen LogP contribution in [-0.2, 0) is 6.42 Å². The van der Waals surface area contributed by atoms with Crippen molar-refractivity contribution in [3.05, 3.63) is 53.3 Å². The van der Waals surface area contributed by atoms with Crippen molar-refractivity contribution in [2.75, 3.05) is 23.4 Å². The molecule has 0 spiro atoms. The number of thioether (sulfide) groups is 1. The van der Waals surface area contributed by atoms with E-state index in [1.165, 1.54) is 6.07 Å². The van der Waals surface area contributed by atoms with Gasteiger partial charge in [-0.3, -0.25) is 9.59 Å². The number of fused-ring (bicyclic) bond motifs is 1. The number of aromatic nitrogens is 2. The molecule has 1 aliphatic heterocycles. The van der Waals surface area contributed by atoms with Gasteiger partial charge in [-0.25, -0.2) is 4.98 Å². The molecular formula is C24H25F3N4O3S. The van der Waals surface area contributed by atoms with Crippen LogP contribution in [0.5, 0.6) is 5.75 Å². The molecule has 7 nitrogen and oxygen atoms in total. The summed E-state index contributed by atoms with van der Waals surface area (Å²) in [5, 5.41) is 5.85. The minimum absolute atomic E-state index is 0.0643. The van der Waals surface area contributed by atoms with Gasteiger partial charge in [0.25, 0.3) is 11.8 Å². The fraction of sp³-hybridized carbons (Fsp3) is 0.375. The van der Waals surface area contributed by atoms with E-state index in [0.717, 1.165) is 24.3 Å². The van der Waals surface area contributed by atoms with Crippen molar-refractivity contribution >= 4 is 40.3 Å². The lowest BCUT2D eigenvalue weighted by Gasteiger charge is -2.22. The Morgan fingerprint density at radius 3 is 2.54 bits per heavy atom. The first-order chi connectivity index (χ1) is 16.7. The molecule has 35 heavy (non-hydrogen) atoms. The maximum Gasteiger partial charge on any atom is 0.422 e. The first-order valence-corrected chi connectivity index (χ1v) is 12.4. The molecule has 3 N–H and O–H groups in total. The molecule has 0 aliphatic carbocycles. The molecule has 2 amide bonds. The molecule has 0 unspecified atom stereocenters. The van der Waals surface area contributed by atoms with Gasteiger partial charge in [-0.05, 0) is 49.0 Å². The third kappa shape index (κ3) is 6.08. The van der Waals surface area contributed by atoms with Crippen LogP contribution in [0.2, 0.25) is 0 Å². The van der Waals surface area contributed by atoms with Gasteiger partial charge in [0.05, 0.1) is 16.8 Å². The highest BCUT2D eigenvalue weighted by Gasteiger charge is 2.31. The molecule has 11 heteroatoms. The summed E-state index contributed by atoms with van der Waals surface area (Å²) in [6.45, 7) is 0.270. The van der Waals surface area contributed by atoms with Crippen molar-refractivity contribution in [2.24, 2.45) is 0 Å². The van der Waals surface area contributed by atoms with Crippen molar-refractivity contribution in [1.29, 1.82) is 0 Å². The Labute approximate surface area is 204 Å². The van der Waals surface area contributed by atoms with Crippen LogP contribution in [0.1, 0.15) is 46.3 Å². The molecule has 186 valence electrons. The zero-order valence-corrected chi connectivity index (χ0v) is 19.8. The summed E-state index contributed by atoms with van der Waals surface area (Å²) >= 11 is 1.79. The Morgan fingerprint density at radius 1 is 1.17 bits per heavy atom. The number of hydrogen-bond acceptors (Lipinski definition) is 5. The Hall–Kier alpha value is -3.21. The number of hydrogen-bond donors (Lipinski definition) is 3. The van der Waals surface area contributed by atoms with Crippen LogP contribution in [0.3, 0.4) is 0 Å². The molecule has 1 aliphatic rings. The molecule has 3 aromatic rings. The van der Waals surface area contributed by atoms with E-state index < -0.39 is 18.7 Å². The van der Waals surface area contributed by atoms with E-state index in [0.29, 0.717) is 23.4 Å². The fourth-order valence-electron chi connectivity index (χ4n) is 3.85. The largest absolute Gasteiger partial charge is 0.481 e. The summed E-state index contributed by atoms with van der Waals surface area (Å²) in [6, 6.07) is 9.96. The van der Waals surface area contributed by atoms with Crippen LogP contribution in [-0.4, -0.2) is 52.1 Å². The number of H-pyrrole nitrogens is 1. The van der Waals surface area contributed by atoms with Crippen LogP contribution in [0.4, 0.5) is 18.9 Å². The predicted octanol–water partition coefficient (Wildman–Crippen LogP) is 4.94. The number of nitrogens with zero attached hydrogens (tertiary/aromatic N) is 1. The average Bonchev–Trinajstić information content (AvgIpc) is 3.20. The molecule has 0 atom stereocenters. The maximum atomic E-state index is 13.0. The van der Waals surface area contributed by atoms with Crippen LogP contribution in [0.15, 0.2) is 36.4 Å². The Morgan fingerprint density at radius 2 is 1.89 bits per heavy atom. The number of benzene rings is 1. The normalized spacial score (nSPS) is 14.6. The number of nitrogens with one attached hydrogen (secondary N) is 3. The van der Waals surface area contributed by atoms with E-state index in [9.17, 15) is 22.8 Å². The van der Waals surface area contributed by atoms with Gasteiger partial charge >= 0.3 is 6.18 Å². The van der Waals surface area contributed by atoms with Gasteiger partial charge in [0.15, 0.2) is 12.4 Å². The number of alkyl halides is 3. The molecule has 0 radical (unpaired) electrons. The van der Waals surface area contributed by atoms with Gasteiger partial charge in [-0.2, -0.15) is 24.9 Å². The number of halogens is 3. The van der Waals surface area contributed by atoms with Crippen molar-refractivity contribution < 1.29 is 27.5 Å². The standard InChI is InChI=1S/C24H25F3N4O3S/c1-2-17-18(30-22(32)14-6-4-3-5-7-14)12-16-20(34-13-24(25,26)27)19(31-21(16)29-17)23(33)28-15-8-10-35-11-9-15/h3-7,12,15H,2,8-11,13H2,1H3,(H,28,33)(H,29,31)(H,30,32).